The Kier molecular flexibility index (Phi) is 7.35. The van der Waals surface area contributed by atoms with E-state index < -0.39 is 0 Å². The first-order chi connectivity index (χ1) is 17.1. The van der Waals surface area contributed by atoms with Crippen LogP contribution in [0, 0.1) is 6.92 Å². The minimum Gasteiger partial charge on any atom is -0.351 e. The number of rotatable bonds is 7. The van der Waals surface area contributed by atoms with Crippen LogP contribution in [0.2, 0.25) is 5.02 Å². The van der Waals surface area contributed by atoms with Gasteiger partial charge in [0.1, 0.15) is 0 Å². The summed E-state index contributed by atoms with van der Waals surface area (Å²) in [7, 11) is 0. The van der Waals surface area contributed by atoms with Crippen molar-refractivity contribution in [2.24, 2.45) is 0 Å². The van der Waals surface area contributed by atoms with E-state index in [1.807, 2.05) is 37.4 Å². The quantitative estimate of drug-likeness (QED) is 0.253. The average Bonchev–Trinajstić information content (AvgIpc) is 2.88. The molecule has 2 aromatic carbocycles. The van der Waals surface area contributed by atoms with Crippen LogP contribution in [0.3, 0.4) is 0 Å². The van der Waals surface area contributed by atoms with Crippen LogP contribution in [-0.2, 0) is 6.42 Å². The first-order valence-corrected chi connectivity index (χ1v) is 13.4. The highest BCUT2D eigenvalue weighted by Crippen LogP contribution is 2.31. The Morgan fingerprint density at radius 2 is 1.86 bits per heavy atom. The van der Waals surface area contributed by atoms with Gasteiger partial charge < -0.3 is 10.0 Å². The van der Waals surface area contributed by atoms with E-state index >= 15 is 0 Å². The second-order valence-electron chi connectivity index (χ2n) is 8.92. The highest BCUT2D eigenvalue weighted by molar-refractivity contribution is 8.00. The molecule has 0 unspecified atom stereocenters. The molecule has 2 N–H and O–H groups in total. The van der Waals surface area contributed by atoms with E-state index in [0.717, 1.165) is 45.1 Å². The Labute approximate surface area is 215 Å². The Morgan fingerprint density at radius 1 is 1.03 bits per heavy atom. The maximum absolute atomic E-state index is 6.25. The summed E-state index contributed by atoms with van der Waals surface area (Å²) in [4.78, 5) is 19.9. The summed E-state index contributed by atoms with van der Waals surface area (Å²) in [6, 6.07) is 12.5. The smallest absolute Gasteiger partial charge is 0.223 e. The van der Waals surface area contributed by atoms with E-state index in [-0.39, 0.29) is 0 Å². The molecule has 0 saturated heterocycles. The van der Waals surface area contributed by atoms with E-state index in [1.54, 1.807) is 6.20 Å². The lowest BCUT2D eigenvalue weighted by molar-refractivity contribution is 0.461. The summed E-state index contributed by atoms with van der Waals surface area (Å²) < 4.78 is 3.24. The van der Waals surface area contributed by atoms with Crippen molar-refractivity contribution in [3.63, 3.8) is 0 Å². The number of anilines is 2. The van der Waals surface area contributed by atoms with Crippen LogP contribution in [-0.4, -0.2) is 26.0 Å². The largest absolute Gasteiger partial charge is 0.351 e. The maximum atomic E-state index is 6.25. The summed E-state index contributed by atoms with van der Waals surface area (Å²) in [5.74, 6) is 1.42. The van der Waals surface area contributed by atoms with E-state index in [9.17, 15) is 0 Å². The number of hydrogen-bond donors (Lipinski definition) is 2. The molecule has 6 nitrogen and oxygen atoms in total. The molecule has 0 aliphatic heterocycles. The highest BCUT2D eigenvalue weighted by Gasteiger charge is 2.16. The minimum absolute atomic E-state index is 0.478. The normalized spacial score (nSPS) is 14.3. The van der Waals surface area contributed by atoms with Crippen molar-refractivity contribution < 1.29 is 0 Å². The van der Waals surface area contributed by atoms with Gasteiger partial charge in [0, 0.05) is 28.1 Å². The Bertz CT molecular complexity index is 1340. The monoisotopic (exact) mass is 504 g/mol. The highest BCUT2D eigenvalue weighted by atomic mass is 35.5. The Morgan fingerprint density at radius 3 is 2.63 bits per heavy atom. The molecule has 35 heavy (non-hydrogen) atoms. The number of aryl methyl sites for hydroxylation is 2. The van der Waals surface area contributed by atoms with Gasteiger partial charge in [0.25, 0.3) is 0 Å². The van der Waals surface area contributed by atoms with Gasteiger partial charge in [0.15, 0.2) is 5.82 Å². The zero-order valence-electron chi connectivity index (χ0n) is 20.0. The van der Waals surface area contributed by atoms with Gasteiger partial charge in [0.2, 0.25) is 5.95 Å². The fourth-order valence-corrected chi connectivity index (χ4v) is 5.45. The predicted molar refractivity (Wildman–Crippen MR) is 146 cm³/mol. The van der Waals surface area contributed by atoms with Crippen molar-refractivity contribution in [3.05, 3.63) is 65.1 Å². The Hall–Kier alpha value is -2.90. The molecule has 2 heterocycles. The van der Waals surface area contributed by atoms with Gasteiger partial charge in [-0.3, -0.25) is 4.98 Å². The molecule has 2 aromatic heterocycles. The zero-order valence-corrected chi connectivity index (χ0v) is 21.6. The number of nitrogens with zero attached hydrogens (tertiary/aromatic N) is 4. The second-order valence-corrected chi connectivity index (χ2v) is 10.2. The lowest BCUT2D eigenvalue weighted by Crippen LogP contribution is -2.23. The van der Waals surface area contributed by atoms with Crippen molar-refractivity contribution in [2.45, 2.75) is 63.3 Å². The van der Waals surface area contributed by atoms with Gasteiger partial charge in [-0.1, -0.05) is 49.9 Å². The molecule has 0 atom stereocenters. The van der Waals surface area contributed by atoms with Crippen molar-refractivity contribution in [1.29, 1.82) is 0 Å². The first-order valence-electron chi connectivity index (χ1n) is 12.2. The lowest BCUT2D eigenvalue weighted by Gasteiger charge is -2.22. The standard InChI is InChI=1S/C27H29ClN6S/c1-3-18-13-19(14-20-15-30-27(33-26(18)20)32-21-9-5-4-6-10-21)25-17(2)31-24(16-29-25)34-35-23-12-8-7-11-22(23)28/h7-8,11-16,21H,3-6,9-10H2,1-2H3,(H,31,34)(H,30,32,33). The second kappa shape index (κ2) is 10.8. The number of aromatic nitrogens is 4. The van der Waals surface area contributed by atoms with Gasteiger partial charge in [-0.15, -0.1) is 0 Å². The van der Waals surface area contributed by atoms with Crippen LogP contribution in [0.1, 0.15) is 50.3 Å². The lowest BCUT2D eigenvalue weighted by atomic mass is 9.96. The van der Waals surface area contributed by atoms with Crippen molar-refractivity contribution in [1.82, 2.24) is 19.9 Å². The first kappa shape index (κ1) is 23.8. The molecule has 1 saturated carbocycles. The predicted octanol–water partition coefficient (Wildman–Crippen LogP) is 7.47. The van der Waals surface area contributed by atoms with Crippen molar-refractivity contribution >= 4 is 46.2 Å². The van der Waals surface area contributed by atoms with Gasteiger partial charge >= 0.3 is 0 Å². The molecule has 0 spiro atoms. The minimum atomic E-state index is 0.478. The molecule has 1 aliphatic carbocycles. The Balaban J connectivity index is 1.38. The van der Waals surface area contributed by atoms with Crippen LogP contribution < -0.4 is 10.0 Å². The fourth-order valence-electron chi connectivity index (χ4n) is 4.57. The molecule has 1 fully saturated rings. The van der Waals surface area contributed by atoms with Crippen molar-refractivity contribution in [2.75, 3.05) is 10.0 Å². The SMILES string of the molecule is CCc1cc(-c2ncc(NSc3ccccc3Cl)nc2C)cc2cnc(NC3CCCCC3)nc12. The molecule has 0 radical (unpaired) electrons. The third kappa shape index (κ3) is 5.52. The van der Waals surface area contributed by atoms with Crippen LogP contribution in [0.15, 0.2) is 53.7 Å². The fraction of sp³-hybridized carbons (Fsp3) is 0.333. The summed E-state index contributed by atoms with van der Waals surface area (Å²) in [5, 5.41) is 5.27. The number of benzene rings is 2. The molecule has 180 valence electrons. The molecule has 0 amide bonds. The molecule has 0 bridgehead atoms. The molecule has 1 aliphatic rings. The third-order valence-corrected chi connectivity index (χ3v) is 7.73. The molecular formula is C27H29ClN6S. The molecule has 4 aromatic rings. The molecular weight excluding hydrogens is 476 g/mol. The number of hydrogen-bond acceptors (Lipinski definition) is 7. The van der Waals surface area contributed by atoms with Gasteiger partial charge in [-0.05, 0) is 68.0 Å². The molecule has 8 heteroatoms. The van der Waals surface area contributed by atoms with Crippen molar-refractivity contribution in [3.8, 4) is 11.3 Å². The van der Waals surface area contributed by atoms with Gasteiger partial charge in [0.05, 0.1) is 28.1 Å². The topological polar surface area (TPSA) is 75.6 Å². The number of fused-ring (bicyclic) bond motifs is 1. The van der Waals surface area contributed by atoms with Gasteiger partial charge in [-0.2, -0.15) is 0 Å². The molecule has 5 rings (SSSR count). The number of halogens is 1. The van der Waals surface area contributed by atoms with Crippen LogP contribution in [0.25, 0.3) is 22.2 Å². The maximum Gasteiger partial charge on any atom is 0.223 e. The van der Waals surface area contributed by atoms with Crippen LogP contribution >= 0.6 is 23.5 Å². The van der Waals surface area contributed by atoms with Crippen LogP contribution in [0.4, 0.5) is 11.8 Å². The van der Waals surface area contributed by atoms with Gasteiger partial charge in [-0.25, -0.2) is 15.0 Å². The summed E-state index contributed by atoms with van der Waals surface area (Å²) in [6.45, 7) is 4.14. The van der Waals surface area contributed by atoms with Crippen LogP contribution in [0.5, 0.6) is 0 Å². The number of nitrogens with one attached hydrogen (secondary N) is 2. The zero-order chi connectivity index (χ0) is 24.2. The summed E-state index contributed by atoms with van der Waals surface area (Å²) >= 11 is 7.68. The average molecular weight is 505 g/mol. The van der Waals surface area contributed by atoms with E-state index in [2.05, 4.69) is 34.1 Å². The summed E-state index contributed by atoms with van der Waals surface area (Å²) in [6.07, 6.45) is 10.8. The third-order valence-electron chi connectivity index (χ3n) is 6.40. The van der Waals surface area contributed by atoms with E-state index in [0.29, 0.717) is 16.9 Å². The van der Waals surface area contributed by atoms with E-state index in [1.165, 1.54) is 49.6 Å². The summed E-state index contributed by atoms with van der Waals surface area (Å²) in [5.41, 5.74) is 4.93. The van der Waals surface area contributed by atoms with E-state index in [4.69, 9.17) is 26.6 Å².